The molecule has 10 heteroatoms. The fourth-order valence-corrected chi connectivity index (χ4v) is 6.02. The van der Waals surface area contributed by atoms with Crippen molar-refractivity contribution in [2.75, 3.05) is 12.9 Å². The van der Waals surface area contributed by atoms with E-state index in [9.17, 15) is 9.59 Å². The molecule has 0 saturated heterocycles. The average molecular weight is 471 g/mol. The first-order valence-electron chi connectivity index (χ1n) is 10.3. The zero-order valence-corrected chi connectivity index (χ0v) is 19.5. The van der Waals surface area contributed by atoms with Crippen LogP contribution in [0.4, 0.5) is 0 Å². The maximum atomic E-state index is 13.8. The fraction of sp³-hybridized carbons (Fsp3) is 0.364. The number of hydrogen-bond donors (Lipinski definition) is 0. The van der Waals surface area contributed by atoms with Crippen molar-refractivity contribution in [3.05, 3.63) is 51.1 Å². The topological polar surface area (TPSA) is 87.7 Å². The summed E-state index contributed by atoms with van der Waals surface area (Å²) < 4.78 is 14.3. The lowest BCUT2D eigenvalue weighted by atomic mass is 9.96. The standard InChI is InChI=1S/C22H22N4O4S2/c1-12(2)15-9-14-16(10-30-15)32-20-18(14)19(28)25(13-7-5-4-6-8-13)21-23-24-22(26(20)21)31-11-17(27)29-3/h4-8,12,15H,9-11H2,1-3H3/t15-/m0/s1. The minimum Gasteiger partial charge on any atom is -0.468 e. The van der Waals surface area contributed by atoms with Crippen molar-refractivity contribution in [1.82, 2.24) is 19.2 Å². The maximum Gasteiger partial charge on any atom is 0.316 e. The van der Waals surface area contributed by atoms with Gasteiger partial charge in [0.25, 0.3) is 5.56 Å². The van der Waals surface area contributed by atoms with Crippen molar-refractivity contribution in [2.45, 2.75) is 38.1 Å². The van der Waals surface area contributed by atoms with Crippen LogP contribution in [0.1, 0.15) is 24.3 Å². The van der Waals surface area contributed by atoms with Crippen LogP contribution >= 0.6 is 23.1 Å². The number of nitrogens with zero attached hydrogens (tertiary/aromatic N) is 4. The monoisotopic (exact) mass is 470 g/mol. The van der Waals surface area contributed by atoms with Crippen LogP contribution in [0.25, 0.3) is 21.7 Å². The van der Waals surface area contributed by atoms with Crippen LogP contribution in [-0.4, -0.2) is 44.1 Å². The van der Waals surface area contributed by atoms with E-state index in [0.717, 1.165) is 15.3 Å². The zero-order valence-electron chi connectivity index (χ0n) is 17.9. The highest BCUT2D eigenvalue weighted by atomic mass is 32.2. The van der Waals surface area contributed by atoms with Gasteiger partial charge in [-0.05, 0) is 23.6 Å². The second-order valence-electron chi connectivity index (χ2n) is 7.94. The molecule has 4 heterocycles. The molecule has 0 bridgehead atoms. The number of carbonyl (C=O) groups excluding carboxylic acids is 1. The Morgan fingerprint density at radius 2 is 2.09 bits per heavy atom. The molecule has 0 saturated carbocycles. The fourth-order valence-electron chi connectivity index (χ4n) is 3.95. The minimum atomic E-state index is -0.349. The van der Waals surface area contributed by atoms with Gasteiger partial charge in [0, 0.05) is 11.3 Å². The first kappa shape index (κ1) is 21.2. The average Bonchev–Trinajstić information content (AvgIpc) is 3.39. The first-order valence-corrected chi connectivity index (χ1v) is 12.1. The molecule has 0 unspecified atom stereocenters. The highest BCUT2D eigenvalue weighted by Crippen LogP contribution is 2.37. The summed E-state index contributed by atoms with van der Waals surface area (Å²) >= 11 is 2.78. The Kier molecular flexibility index (Phi) is 5.52. The molecule has 5 rings (SSSR count). The molecule has 0 N–H and O–H groups in total. The number of ether oxygens (including phenoxy) is 2. The predicted octanol–water partition coefficient (Wildman–Crippen LogP) is 3.46. The van der Waals surface area contributed by atoms with Crippen molar-refractivity contribution in [3.63, 3.8) is 0 Å². The zero-order chi connectivity index (χ0) is 22.4. The number of methoxy groups -OCH3 is 1. The van der Waals surface area contributed by atoms with Gasteiger partial charge in [-0.3, -0.25) is 9.59 Å². The van der Waals surface area contributed by atoms with Gasteiger partial charge in [0.1, 0.15) is 4.83 Å². The lowest BCUT2D eigenvalue weighted by Crippen LogP contribution is -2.28. The third kappa shape index (κ3) is 3.42. The summed E-state index contributed by atoms with van der Waals surface area (Å²) in [5, 5.41) is 9.87. The van der Waals surface area contributed by atoms with E-state index in [1.807, 2.05) is 34.7 Å². The summed E-state index contributed by atoms with van der Waals surface area (Å²) in [6, 6.07) is 9.43. The van der Waals surface area contributed by atoms with Gasteiger partial charge < -0.3 is 9.47 Å². The molecule has 1 aromatic carbocycles. The summed E-state index contributed by atoms with van der Waals surface area (Å²) in [7, 11) is 1.36. The molecule has 0 spiro atoms. The van der Waals surface area contributed by atoms with Crippen LogP contribution in [0.2, 0.25) is 0 Å². The van der Waals surface area contributed by atoms with Crippen molar-refractivity contribution in [2.24, 2.45) is 5.92 Å². The number of para-hydroxylation sites is 1. The summed E-state index contributed by atoms with van der Waals surface area (Å²) in [5.41, 5.74) is 1.65. The molecule has 0 aliphatic carbocycles. The highest BCUT2D eigenvalue weighted by Gasteiger charge is 2.30. The van der Waals surface area contributed by atoms with Gasteiger partial charge in [-0.2, -0.15) is 0 Å². The van der Waals surface area contributed by atoms with Crippen LogP contribution in [0, 0.1) is 5.92 Å². The Hall–Kier alpha value is -2.69. The van der Waals surface area contributed by atoms with Crippen LogP contribution < -0.4 is 5.56 Å². The van der Waals surface area contributed by atoms with Crippen LogP contribution in [0.15, 0.2) is 40.3 Å². The lowest BCUT2D eigenvalue weighted by Gasteiger charge is -2.26. The maximum absolute atomic E-state index is 13.8. The predicted molar refractivity (Wildman–Crippen MR) is 124 cm³/mol. The van der Waals surface area contributed by atoms with E-state index in [4.69, 9.17) is 9.47 Å². The van der Waals surface area contributed by atoms with Gasteiger partial charge >= 0.3 is 5.97 Å². The first-order chi connectivity index (χ1) is 15.5. The Morgan fingerprint density at radius 1 is 1.31 bits per heavy atom. The second kappa shape index (κ2) is 8.34. The molecular formula is C22H22N4O4S2. The Labute approximate surface area is 192 Å². The minimum absolute atomic E-state index is 0.0645. The number of esters is 1. The van der Waals surface area contributed by atoms with Crippen molar-refractivity contribution in [1.29, 1.82) is 0 Å². The van der Waals surface area contributed by atoms with Crippen molar-refractivity contribution >= 4 is 45.1 Å². The molecule has 166 valence electrons. The van der Waals surface area contributed by atoms with E-state index in [0.29, 0.717) is 41.0 Å². The van der Waals surface area contributed by atoms with Crippen molar-refractivity contribution < 1.29 is 14.3 Å². The lowest BCUT2D eigenvalue weighted by molar-refractivity contribution is -0.137. The van der Waals surface area contributed by atoms with E-state index < -0.39 is 0 Å². The molecule has 32 heavy (non-hydrogen) atoms. The van der Waals surface area contributed by atoms with E-state index in [1.54, 1.807) is 4.57 Å². The molecular weight excluding hydrogens is 448 g/mol. The van der Waals surface area contributed by atoms with Gasteiger partial charge in [-0.15, -0.1) is 21.5 Å². The number of benzene rings is 1. The van der Waals surface area contributed by atoms with Gasteiger partial charge in [0.2, 0.25) is 5.78 Å². The largest absolute Gasteiger partial charge is 0.468 e. The summed E-state index contributed by atoms with van der Waals surface area (Å²) in [6.07, 6.45) is 0.754. The van der Waals surface area contributed by atoms with Gasteiger partial charge in [0.15, 0.2) is 5.16 Å². The number of thioether (sulfide) groups is 1. The molecule has 8 nitrogen and oxygen atoms in total. The Morgan fingerprint density at radius 3 is 2.81 bits per heavy atom. The molecule has 4 aromatic rings. The van der Waals surface area contributed by atoms with Crippen LogP contribution in [0.3, 0.4) is 0 Å². The third-order valence-corrected chi connectivity index (χ3v) is 7.74. The van der Waals surface area contributed by atoms with E-state index >= 15 is 0 Å². The van der Waals surface area contributed by atoms with Crippen LogP contribution in [-0.2, 0) is 27.3 Å². The third-order valence-electron chi connectivity index (χ3n) is 5.65. The van der Waals surface area contributed by atoms with Gasteiger partial charge in [0.05, 0.1) is 36.6 Å². The van der Waals surface area contributed by atoms with E-state index in [2.05, 4.69) is 24.0 Å². The summed E-state index contributed by atoms with van der Waals surface area (Å²) in [6.45, 7) is 4.74. The molecule has 1 aliphatic rings. The highest BCUT2D eigenvalue weighted by molar-refractivity contribution is 7.99. The Balaban J connectivity index is 1.80. The number of hydrogen-bond acceptors (Lipinski definition) is 8. The number of carbonyl (C=O) groups is 1. The second-order valence-corrected chi connectivity index (χ2v) is 9.97. The van der Waals surface area contributed by atoms with E-state index in [-0.39, 0.29) is 23.4 Å². The van der Waals surface area contributed by atoms with Crippen LogP contribution in [0.5, 0.6) is 0 Å². The quantitative estimate of drug-likeness (QED) is 0.326. The smallest absolute Gasteiger partial charge is 0.316 e. The van der Waals surface area contributed by atoms with E-state index in [1.165, 1.54) is 30.2 Å². The summed E-state index contributed by atoms with van der Waals surface area (Å²) in [5.74, 6) is 0.519. The molecule has 1 atom stereocenters. The number of aromatic nitrogens is 4. The van der Waals surface area contributed by atoms with Gasteiger partial charge in [-0.25, -0.2) is 8.97 Å². The molecule has 0 radical (unpaired) electrons. The normalized spacial score (nSPS) is 16.1. The molecule has 1 aliphatic heterocycles. The number of thiophene rings is 1. The Bertz CT molecular complexity index is 1370. The molecule has 0 fully saturated rings. The SMILES string of the molecule is COC(=O)CSc1nnc2n(-c3ccccc3)c(=O)c3c4c(sc3n12)CO[C@H](C(C)C)C4. The molecule has 3 aromatic heterocycles. The van der Waals surface area contributed by atoms with Crippen molar-refractivity contribution in [3.8, 4) is 5.69 Å². The number of rotatable bonds is 5. The number of fused-ring (bicyclic) bond motifs is 5. The molecule has 0 amide bonds. The van der Waals surface area contributed by atoms with Gasteiger partial charge in [-0.1, -0.05) is 43.8 Å². The summed E-state index contributed by atoms with van der Waals surface area (Å²) in [4.78, 5) is 27.4.